The fourth-order valence-corrected chi connectivity index (χ4v) is 2.28. The molecule has 1 aromatic heterocycles. The van der Waals surface area contributed by atoms with E-state index in [0.717, 1.165) is 37.3 Å². The Bertz CT molecular complexity index is 438. The Morgan fingerprint density at radius 1 is 1.41 bits per heavy atom. The van der Waals surface area contributed by atoms with Gasteiger partial charge in [-0.3, -0.25) is 5.41 Å². The van der Waals surface area contributed by atoms with E-state index in [2.05, 4.69) is 31.2 Å². The van der Waals surface area contributed by atoms with E-state index in [1.165, 1.54) is 10.2 Å². The number of rotatable bonds is 0. The number of nitrogen functional groups attached to an aromatic ring is 1. The minimum atomic E-state index is -0.0221. The van der Waals surface area contributed by atoms with Crippen LogP contribution in [0.5, 0.6) is 0 Å². The molecule has 5 nitrogen and oxygen atoms in total. The molecule has 17 heavy (non-hydrogen) atoms. The zero-order valence-electron chi connectivity index (χ0n) is 10.8. The highest BCUT2D eigenvalue weighted by Crippen LogP contribution is 2.32. The van der Waals surface area contributed by atoms with Crippen LogP contribution in [0.25, 0.3) is 0 Å². The molecule has 0 aliphatic carbocycles. The lowest BCUT2D eigenvalue weighted by Gasteiger charge is -2.17. The van der Waals surface area contributed by atoms with Gasteiger partial charge in [-0.05, 0) is 19.3 Å². The molecule has 0 amide bonds. The van der Waals surface area contributed by atoms with E-state index in [9.17, 15) is 0 Å². The number of hydrogen-bond acceptors (Lipinski definition) is 3. The van der Waals surface area contributed by atoms with Crippen LogP contribution in [0.2, 0.25) is 0 Å². The Morgan fingerprint density at radius 2 is 2.12 bits per heavy atom. The fraction of sp³-hybridized carbons (Fsp3) is 0.667. The van der Waals surface area contributed by atoms with Gasteiger partial charge >= 0.3 is 0 Å². The highest BCUT2D eigenvalue weighted by Gasteiger charge is 2.28. The highest BCUT2D eigenvalue weighted by atomic mass is 15.4. The maximum absolute atomic E-state index is 7.60. The zero-order chi connectivity index (χ0) is 12.6. The molecule has 0 fully saturated rings. The molecule has 94 valence electrons. The predicted octanol–water partition coefficient (Wildman–Crippen LogP) is 1.67. The van der Waals surface area contributed by atoms with Crippen LogP contribution >= 0.6 is 0 Å². The number of nitrogens with zero attached hydrogens (tertiary/aromatic N) is 2. The predicted molar refractivity (Wildman–Crippen MR) is 69.7 cm³/mol. The largest absolute Gasteiger partial charge is 0.370 e. The summed E-state index contributed by atoms with van der Waals surface area (Å²) in [5, 5.41) is 15.5. The van der Waals surface area contributed by atoms with Crippen LogP contribution in [0.15, 0.2) is 0 Å². The van der Waals surface area contributed by atoms with Crippen molar-refractivity contribution < 1.29 is 0 Å². The Kier molecular flexibility index (Phi) is 2.85. The van der Waals surface area contributed by atoms with Crippen LogP contribution in [0, 0.1) is 5.41 Å². The molecule has 0 unspecified atom stereocenters. The number of fused-ring (bicyclic) bond motifs is 1. The Hall–Kier alpha value is -1.52. The number of nitrogens with two attached hydrogens (primary N) is 1. The van der Waals surface area contributed by atoms with E-state index in [1.54, 1.807) is 0 Å². The molecule has 0 aromatic carbocycles. The molecule has 0 bridgehead atoms. The van der Waals surface area contributed by atoms with Gasteiger partial charge in [0, 0.05) is 17.5 Å². The van der Waals surface area contributed by atoms with E-state index in [-0.39, 0.29) is 11.4 Å². The maximum atomic E-state index is 7.60. The van der Waals surface area contributed by atoms with E-state index in [4.69, 9.17) is 11.1 Å². The standard InChI is InChI=1S/C12H21N5/c1-12(2,3)9-8-6-4-5-7-15-10(8)17(16-9)11(13)14/h15H,4-7H2,1-3H3,(H3,13,14). The van der Waals surface area contributed by atoms with E-state index in [0.29, 0.717) is 0 Å². The summed E-state index contributed by atoms with van der Waals surface area (Å²) in [6, 6.07) is 0. The molecule has 0 atom stereocenters. The van der Waals surface area contributed by atoms with Gasteiger partial charge in [0.15, 0.2) is 0 Å². The van der Waals surface area contributed by atoms with Crippen molar-refractivity contribution >= 4 is 11.8 Å². The van der Waals surface area contributed by atoms with Crippen molar-refractivity contribution in [3.05, 3.63) is 11.3 Å². The van der Waals surface area contributed by atoms with Crippen LogP contribution in [0.1, 0.15) is 44.9 Å². The smallest absolute Gasteiger partial charge is 0.215 e. The normalized spacial score (nSPS) is 15.9. The summed E-state index contributed by atoms with van der Waals surface area (Å²) in [6.07, 6.45) is 3.32. The van der Waals surface area contributed by atoms with Crippen LogP contribution in [-0.4, -0.2) is 22.3 Å². The van der Waals surface area contributed by atoms with Gasteiger partial charge in [-0.15, -0.1) is 0 Å². The van der Waals surface area contributed by atoms with Crippen molar-refractivity contribution in [2.24, 2.45) is 5.73 Å². The first-order chi connectivity index (χ1) is 7.91. The van der Waals surface area contributed by atoms with E-state index in [1.807, 2.05) is 0 Å². The lowest BCUT2D eigenvalue weighted by atomic mass is 9.88. The third kappa shape index (κ3) is 2.14. The van der Waals surface area contributed by atoms with Gasteiger partial charge in [0.2, 0.25) is 5.96 Å². The van der Waals surface area contributed by atoms with Crippen molar-refractivity contribution in [3.63, 3.8) is 0 Å². The molecule has 0 saturated carbocycles. The summed E-state index contributed by atoms with van der Waals surface area (Å²) in [4.78, 5) is 0. The first-order valence-electron chi connectivity index (χ1n) is 6.12. The summed E-state index contributed by atoms with van der Waals surface area (Å²) < 4.78 is 1.53. The number of hydrogen-bond donors (Lipinski definition) is 3. The quantitative estimate of drug-likeness (QED) is 0.472. The summed E-state index contributed by atoms with van der Waals surface area (Å²) in [6.45, 7) is 7.36. The van der Waals surface area contributed by atoms with Crippen molar-refractivity contribution in [1.82, 2.24) is 9.78 Å². The van der Waals surface area contributed by atoms with Crippen molar-refractivity contribution in [2.45, 2.75) is 45.4 Å². The second-order valence-electron chi connectivity index (χ2n) is 5.61. The number of aromatic nitrogens is 2. The zero-order valence-corrected chi connectivity index (χ0v) is 10.8. The molecular weight excluding hydrogens is 214 g/mol. The van der Waals surface area contributed by atoms with Crippen LogP contribution in [0.4, 0.5) is 5.82 Å². The first-order valence-corrected chi connectivity index (χ1v) is 6.12. The fourth-order valence-electron chi connectivity index (χ4n) is 2.28. The number of nitrogens with one attached hydrogen (secondary N) is 2. The second-order valence-corrected chi connectivity index (χ2v) is 5.61. The van der Waals surface area contributed by atoms with Gasteiger partial charge in [-0.2, -0.15) is 9.78 Å². The van der Waals surface area contributed by atoms with Crippen molar-refractivity contribution in [3.8, 4) is 0 Å². The van der Waals surface area contributed by atoms with Gasteiger partial charge in [0.1, 0.15) is 5.82 Å². The molecule has 0 radical (unpaired) electrons. The minimum Gasteiger partial charge on any atom is -0.370 e. The molecule has 4 N–H and O–H groups in total. The molecule has 1 aliphatic heterocycles. The Balaban J connectivity index is 2.58. The van der Waals surface area contributed by atoms with Gasteiger partial charge in [-0.25, -0.2) is 0 Å². The summed E-state index contributed by atoms with van der Waals surface area (Å²) >= 11 is 0. The summed E-state index contributed by atoms with van der Waals surface area (Å²) in [5.74, 6) is 0.895. The summed E-state index contributed by atoms with van der Waals surface area (Å²) in [5.41, 5.74) is 7.85. The Labute approximate surface area is 102 Å². The van der Waals surface area contributed by atoms with Gasteiger partial charge < -0.3 is 11.1 Å². The molecule has 2 heterocycles. The summed E-state index contributed by atoms with van der Waals surface area (Å²) in [7, 11) is 0. The van der Waals surface area contributed by atoms with E-state index >= 15 is 0 Å². The molecule has 1 aromatic rings. The third-order valence-electron chi connectivity index (χ3n) is 3.07. The molecular formula is C12H21N5. The van der Waals surface area contributed by atoms with Gasteiger partial charge in [0.05, 0.1) is 5.69 Å². The molecule has 0 saturated heterocycles. The number of anilines is 1. The molecule has 5 heteroatoms. The molecule has 0 spiro atoms. The maximum Gasteiger partial charge on any atom is 0.215 e. The first kappa shape index (κ1) is 12.0. The average Bonchev–Trinajstić information content (AvgIpc) is 2.42. The molecule has 1 aliphatic rings. The van der Waals surface area contributed by atoms with Crippen LogP contribution < -0.4 is 11.1 Å². The second kappa shape index (κ2) is 4.05. The SMILES string of the molecule is CC(C)(C)c1nn(C(=N)N)c2c1CCCCN2. The van der Waals surface area contributed by atoms with Gasteiger partial charge in [0.25, 0.3) is 0 Å². The van der Waals surface area contributed by atoms with E-state index < -0.39 is 0 Å². The lowest BCUT2D eigenvalue weighted by Crippen LogP contribution is -2.24. The monoisotopic (exact) mass is 235 g/mol. The highest BCUT2D eigenvalue weighted by molar-refractivity contribution is 5.81. The lowest BCUT2D eigenvalue weighted by molar-refractivity contribution is 0.554. The topological polar surface area (TPSA) is 79.7 Å². The average molecular weight is 235 g/mol. The molecule has 2 rings (SSSR count). The van der Waals surface area contributed by atoms with Crippen molar-refractivity contribution in [2.75, 3.05) is 11.9 Å². The van der Waals surface area contributed by atoms with Crippen LogP contribution in [0.3, 0.4) is 0 Å². The minimum absolute atomic E-state index is 0.0171. The van der Waals surface area contributed by atoms with Gasteiger partial charge in [-0.1, -0.05) is 20.8 Å². The Morgan fingerprint density at radius 3 is 2.71 bits per heavy atom. The van der Waals surface area contributed by atoms with Crippen molar-refractivity contribution in [1.29, 1.82) is 5.41 Å². The van der Waals surface area contributed by atoms with Crippen LogP contribution in [-0.2, 0) is 11.8 Å². The third-order valence-corrected chi connectivity index (χ3v) is 3.07.